The second kappa shape index (κ2) is 5.01. The van der Waals surface area contributed by atoms with Crippen LogP contribution in [0, 0.1) is 11.3 Å². The van der Waals surface area contributed by atoms with Crippen LogP contribution in [0.1, 0.15) is 48.5 Å². The van der Waals surface area contributed by atoms with E-state index < -0.39 is 0 Å². The summed E-state index contributed by atoms with van der Waals surface area (Å²) in [4.78, 5) is 11.5. The molecule has 0 N–H and O–H groups in total. The highest BCUT2D eigenvalue weighted by atomic mass is 16.5. The predicted molar refractivity (Wildman–Crippen MR) is 64.0 cm³/mol. The molecule has 17 heavy (non-hydrogen) atoms. The lowest BCUT2D eigenvalue weighted by Crippen LogP contribution is -2.13. The summed E-state index contributed by atoms with van der Waals surface area (Å²) in [6, 6.07) is 7.05. The topological polar surface area (TPSA) is 50.1 Å². The van der Waals surface area contributed by atoms with Gasteiger partial charge in [-0.2, -0.15) is 5.26 Å². The number of carbonyl (C=O) groups is 1. The molecule has 0 amide bonds. The molecule has 0 heterocycles. The van der Waals surface area contributed by atoms with Crippen LogP contribution < -0.4 is 4.74 Å². The molecule has 0 spiro atoms. The Bertz CT molecular complexity index is 468. The van der Waals surface area contributed by atoms with Gasteiger partial charge in [-0.15, -0.1) is 0 Å². The molecule has 88 valence electrons. The van der Waals surface area contributed by atoms with Crippen molar-refractivity contribution in [2.75, 3.05) is 0 Å². The van der Waals surface area contributed by atoms with E-state index in [9.17, 15) is 4.79 Å². The van der Waals surface area contributed by atoms with Crippen molar-refractivity contribution in [2.45, 2.75) is 38.7 Å². The molecule has 1 fully saturated rings. The van der Waals surface area contributed by atoms with Gasteiger partial charge >= 0.3 is 0 Å². The minimum absolute atomic E-state index is 0.0255. The van der Waals surface area contributed by atoms with Crippen LogP contribution in [0.25, 0.3) is 0 Å². The van der Waals surface area contributed by atoms with Gasteiger partial charge in [0.25, 0.3) is 0 Å². The first kappa shape index (κ1) is 11.7. The number of carbonyl (C=O) groups excluding carboxylic acids is 1. The van der Waals surface area contributed by atoms with Crippen LogP contribution in [0.5, 0.6) is 5.75 Å². The molecular weight excluding hydrogens is 214 g/mol. The lowest BCUT2D eigenvalue weighted by molar-refractivity contribution is 0.101. The fourth-order valence-electron chi connectivity index (χ4n) is 2.17. The van der Waals surface area contributed by atoms with E-state index in [-0.39, 0.29) is 11.9 Å². The number of ketones is 1. The van der Waals surface area contributed by atoms with Gasteiger partial charge in [-0.25, -0.2) is 0 Å². The van der Waals surface area contributed by atoms with Gasteiger partial charge in [0.2, 0.25) is 0 Å². The average Bonchev–Trinajstić information content (AvgIpc) is 2.81. The monoisotopic (exact) mass is 229 g/mol. The van der Waals surface area contributed by atoms with Gasteiger partial charge < -0.3 is 4.74 Å². The highest BCUT2D eigenvalue weighted by Crippen LogP contribution is 2.27. The van der Waals surface area contributed by atoms with Crippen LogP contribution >= 0.6 is 0 Å². The number of ether oxygens (including phenoxy) is 1. The molecule has 0 aliphatic heterocycles. The van der Waals surface area contributed by atoms with E-state index in [2.05, 4.69) is 6.07 Å². The Morgan fingerprint density at radius 2 is 2.12 bits per heavy atom. The Labute approximate surface area is 101 Å². The number of nitrogens with zero attached hydrogens (tertiary/aromatic N) is 1. The first-order chi connectivity index (χ1) is 8.20. The van der Waals surface area contributed by atoms with Crippen molar-refractivity contribution in [3.8, 4) is 11.8 Å². The largest absolute Gasteiger partial charge is 0.490 e. The number of benzene rings is 1. The van der Waals surface area contributed by atoms with E-state index in [0.717, 1.165) is 12.8 Å². The summed E-state index contributed by atoms with van der Waals surface area (Å²) in [5, 5.41) is 8.86. The van der Waals surface area contributed by atoms with Crippen LogP contribution in [0.2, 0.25) is 0 Å². The molecule has 1 saturated carbocycles. The minimum atomic E-state index is -0.0255. The van der Waals surface area contributed by atoms with E-state index in [1.807, 2.05) is 0 Å². The summed E-state index contributed by atoms with van der Waals surface area (Å²) < 4.78 is 5.84. The van der Waals surface area contributed by atoms with Crippen LogP contribution in [0.3, 0.4) is 0 Å². The average molecular weight is 229 g/mol. The van der Waals surface area contributed by atoms with Gasteiger partial charge in [0.1, 0.15) is 5.75 Å². The Morgan fingerprint density at radius 1 is 1.41 bits per heavy atom. The Morgan fingerprint density at radius 3 is 2.71 bits per heavy atom. The molecule has 1 aliphatic carbocycles. The first-order valence-electron chi connectivity index (χ1n) is 5.92. The third-order valence-corrected chi connectivity index (χ3v) is 3.09. The standard InChI is InChI=1S/C14H15NO2/c1-10(16)13-7-6-11(9-15)8-14(13)17-12-4-2-3-5-12/h6-8,12H,2-5H2,1H3. The smallest absolute Gasteiger partial charge is 0.163 e. The maximum atomic E-state index is 11.5. The van der Waals surface area contributed by atoms with Gasteiger partial charge in [-0.3, -0.25) is 4.79 Å². The fraction of sp³-hybridized carbons (Fsp3) is 0.429. The molecule has 1 aliphatic rings. The number of hydrogen-bond acceptors (Lipinski definition) is 3. The molecule has 0 radical (unpaired) electrons. The molecule has 3 heteroatoms. The predicted octanol–water partition coefficient (Wildman–Crippen LogP) is 3.08. The van der Waals surface area contributed by atoms with E-state index in [1.54, 1.807) is 18.2 Å². The highest BCUT2D eigenvalue weighted by Gasteiger charge is 2.19. The summed E-state index contributed by atoms with van der Waals surface area (Å²) >= 11 is 0. The van der Waals surface area contributed by atoms with E-state index in [0.29, 0.717) is 16.9 Å². The van der Waals surface area contributed by atoms with Crippen LogP contribution in [0.4, 0.5) is 0 Å². The highest BCUT2D eigenvalue weighted by molar-refractivity contribution is 5.97. The third-order valence-electron chi connectivity index (χ3n) is 3.09. The van der Waals surface area contributed by atoms with E-state index >= 15 is 0 Å². The van der Waals surface area contributed by atoms with Crippen molar-refractivity contribution in [1.82, 2.24) is 0 Å². The molecule has 0 aromatic heterocycles. The molecule has 0 bridgehead atoms. The van der Waals surface area contributed by atoms with Crippen LogP contribution in [-0.2, 0) is 0 Å². The Kier molecular flexibility index (Phi) is 3.43. The number of nitriles is 1. The van der Waals surface area contributed by atoms with Crippen molar-refractivity contribution in [1.29, 1.82) is 5.26 Å². The molecule has 1 aromatic carbocycles. The van der Waals surface area contributed by atoms with Crippen molar-refractivity contribution in [3.63, 3.8) is 0 Å². The van der Waals surface area contributed by atoms with Gasteiger partial charge in [-0.1, -0.05) is 0 Å². The molecule has 1 aromatic rings. The van der Waals surface area contributed by atoms with Crippen molar-refractivity contribution in [3.05, 3.63) is 29.3 Å². The maximum Gasteiger partial charge on any atom is 0.163 e. The minimum Gasteiger partial charge on any atom is -0.490 e. The summed E-state index contributed by atoms with van der Waals surface area (Å²) in [6.45, 7) is 1.52. The third kappa shape index (κ3) is 2.65. The lowest BCUT2D eigenvalue weighted by Gasteiger charge is -2.15. The van der Waals surface area contributed by atoms with Gasteiger partial charge in [0, 0.05) is 0 Å². The van der Waals surface area contributed by atoms with Crippen LogP contribution in [0.15, 0.2) is 18.2 Å². The Balaban J connectivity index is 2.28. The zero-order valence-electron chi connectivity index (χ0n) is 9.90. The number of Topliss-reactive ketones (excluding diaryl/α,β-unsaturated/α-hetero) is 1. The lowest BCUT2D eigenvalue weighted by atomic mass is 10.1. The summed E-state index contributed by atoms with van der Waals surface area (Å²) in [7, 11) is 0. The second-order valence-corrected chi connectivity index (χ2v) is 4.40. The molecule has 0 atom stereocenters. The normalized spacial score (nSPS) is 15.5. The quantitative estimate of drug-likeness (QED) is 0.748. The molecule has 2 rings (SSSR count). The van der Waals surface area contributed by atoms with Gasteiger partial charge in [0.05, 0.1) is 23.3 Å². The second-order valence-electron chi connectivity index (χ2n) is 4.40. The fourth-order valence-corrected chi connectivity index (χ4v) is 2.17. The first-order valence-corrected chi connectivity index (χ1v) is 5.92. The molecule has 0 unspecified atom stereocenters. The molecule has 0 saturated heterocycles. The van der Waals surface area contributed by atoms with E-state index in [4.69, 9.17) is 10.00 Å². The Hall–Kier alpha value is -1.82. The van der Waals surface area contributed by atoms with Crippen molar-refractivity contribution >= 4 is 5.78 Å². The van der Waals surface area contributed by atoms with E-state index in [1.165, 1.54) is 19.8 Å². The SMILES string of the molecule is CC(=O)c1ccc(C#N)cc1OC1CCCC1. The molecular formula is C14H15NO2. The van der Waals surface area contributed by atoms with Gasteiger partial charge in [0.15, 0.2) is 5.78 Å². The van der Waals surface area contributed by atoms with Crippen LogP contribution in [-0.4, -0.2) is 11.9 Å². The maximum absolute atomic E-state index is 11.5. The summed E-state index contributed by atoms with van der Waals surface area (Å²) in [5.41, 5.74) is 1.10. The summed E-state index contributed by atoms with van der Waals surface area (Å²) in [5.74, 6) is 0.533. The van der Waals surface area contributed by atoms with Crippen molar-refractivity contribution < 1.29 is 9.53 Å². The zero-order valence-corrected chi connectivity index (χ0v) is 9.90. The summed E-state index contributed by atoms with van der Waals surface area (Å²) in [6.07, 6.45) is 4.63. The van der Waals surface area contributed by atoms with Gasteiger partial charge in [-0.05, 0) is 50.8 Å². The molecule has 3 nitrogen and oxygen atoms in total. The zero-order chi connectivity index (χ0) is 12.3. The number of rotatable bonds is 3. The number of hydrogen-bond donors (Lipinski definition) is 0. The van der Waals surface area contributed by atoms with Crippen molar-refractivity contribution in [2.24, 2.45) is 0 Å².